The van der Waals surface area contributed by atoms with Crippen molar-refractivity contribution in [1.29, 1.82) is 0 Å². The van der Waals surface area contributed by atoms with Crippen LogP contribution in [-0.2, 0) is 17.4 Å². The number of amides is 1. The van der Waals surface area contributed by atoms with Crippen molar-refractivity contribution in [3.8, 4) is 0 Å². The van der Waals surface area contributed by atoms with Gasteiger partial charge in [-0.15, -0.1) is 0 Å². The Balaban J connectivity index is 1.56. The number of benzene rings is 2. The summed E-state index contributed by atoms with van der Waals surface area (Å²) in [6.07, 6.45) is 0.575. The Bertz CT molecular complexity index is 1250. The van der Waals surface area contributed by atoms with Crippen molar-refractivity contribution in [2.24, 2.45) is 0 Å². The lowest BCUT2D eigenvalue weighted by molar-refractivity contribution is -0.137. The summed E-state index contributed by atoms with van der Waals surface area (Å²) in [5, 5.41) is 3.01. The van der Waals surface area contributed by atoms with Crippen LogP contribution in [0.5, 0.6) is 0 Å². The number of nitrogens with zero attached hydrogens (tertiary/aromatic N) is 2. The summed E-state index contributed by atoms with van der Waals surface area (Å²) in [5.41, 5.74) is 2.22. The van der Waals surface area contributed by atoms with E-state index < -0.39 is 17.7 Å². The molecule has 34 heavy (non-hydrogen) atoms. The van der Waals surface area contributed by atoms with Crippen LogP contribution in [0.1, 0.15) is 48.1 Å². The number of imidazole rings is 1. The van der Waals surface area contributed by atoms with E-state index in [2.05, 4.69) is 10.3 Å². The molecular formula is C27H26F3N3O. The molecule has 0 spiro atoms. The van der Waals surface area contributed by atoms with E-state index in [0.717, 1.165) is 25.0 Å². The molecule has 2 unspecified atom stereocenters. The quantitative estimate of drug-likeness (QED) is 0.346. The zero-order valence-electron chi connectivity index (χ0n) is 18.8. The molecule has 0 saturated heterocycles. The van der Waals surface area contributed by atoms with Gasteiger partial charge in [0.1, 0.15) is 5.65 Å². The zero-order chi connectivity index (χ0) is 24.1. The van der Waals surface area contributed by atoms with Crippen LogP contribution in [0.3, 0.4) is 0 Å². The minimum absolute atomic E-state index is 0.0136. The van der Waals surface area contributed by atoms with E-state index in [1.807, 2.05) is 59.9 Å². The molecule has 0 aliphatic carbocycles. The summed E-state index contributed by atoms with van der Waals surface area (Å²) in [4.78, 5) is 17.4. The largest absolute Gasteiger partial charge is 0.416 e. The normalized spacial score (nSPS) is 13.5. The minimum Gasteiger partial charge on any atom is -0.354 e. The summed E-state index contributed by atoms with van der Waals surface area (Å²) < 4.78 is 42.0. The van der Waals surface area contributed by atoms with Crippen molar-refractivity contribution in [1.82, 2.24) is 14.7 Å². The number of aryl methyl sites for hydroxylation is 1. The Morgan fingerprint density at radius 1 is 1.03 bits per heavy atom. The lowest BCUT2D eigenvalue weighted by atomic mass is 9.91. The van der Waals surface area contributed by atoms with Crippen molar-refractivity contribution >= 4 is 11.6 Å². The Morgan fingerprint density at radius 3 is 2.56 bits per heavy atom. The Kier molecular flexibility index (Phi) is 7.01. The van der Waals surface area contributed by atoms with E-state index in [4.69, 9.17) is 0 Å². The van der Waals surface area contributed by atoms with Crippen LogP contribution in [0.15, 0.2) is 85.2 Å². The number of aromatic nitrogens is 2. The molecule has 2 aromatic carbocycles. The molecule has 0 saturated carbocycles. The Labute approximate surface area is 196 Å². The highest BCUT2D eigenvalue weighted by molar-refractivity contribution is 5.77. The van der Waals surface area contributed by atoms with E-state index in [1.165, 1.54) is 11.6 Å². The molecule has 0 radical (unpaired) electrons. The van der Waals surface area contributed by atoms with Crippen molar-refractivity contribution in [3.63, 3.8) is 0 Å². The van der Waals surface area contributed by atoms with Gasteiger partial charge in [-0.3, -0.25) is 4.79 Å². The number of hydrogen-bond donors (Lipinski definition) is 1. The van der Waals surface area contributed by atoms with Gasteiger partial charge in [0.15, 0.2) is 0 Å². The summed E-state index contributed by atoms with van der Waals surface area (Å²) in [6, 6.07) is 20.6. The topological polar surface area (TPSA) is 46.4 Å². The van der Waals surface area contributed by atoms with Crippen LogP contribution in [0, 0.1) is 0 Å². The molecule has 176 valence electrons. The molecule has 7 heteroatoms. The number of halogens is 3. The average Bonchev–Trinajstić information content (AvgIpc) is 3.25. The molecule has 2 aromatic heterocycles. The second-order valence-corrected chi connectivity index (χ2v) is 8.48. The highest BCUT2D eigenvalue weighted by Gasteiger charge is 2.32. The Hall–Kier alpha value is -3.61. The lowest BCUT2D eigenvalue weighted by Gasteiger charge is -2.20. The van der Waals surface area contributed by atoms with Crippen molar-refractivity contribution in [2.75, 3.05) is 0 Å². The highest BCUT2D eigenvalue weighted by atomic mass is 19.4. The second kappa shape index (κ2) is 10.1. The van der Waals surface area contributed by atoms with Gasteiger partial charge in [0.2, 0.25) is 5.91 Å². The van der Waals surface area contributed by atoms with Crippen LogP contribution in [0.25, 0.3) is 5.65 Å². The smallest absolute Gasteiger partial charge is 0.354 e. The number of hydrogen-bond acceptors (Lipinski definition) is 2. The van der Waals surface area contributed by atoms with E-state index in [0.29, 0.717) is 16.9 Å². The van der Waals surface area contributed by atoms with E-state index >= 15 is 0 Å². The van der Waals surface area contributed by atoms with Crippen LogP contribution in [-0.4, -0.2) is 21.3 Å². The van der Waals surface area contributed by atoms with E-state index in [-0.39, 0.29) is 18.4 Å². The van der Waals surface area contributed by atoms with Crippen molar-refractivity contribution in [2.45, 2.75) is 44.3 Å². The van der Waals surface area contributed by atoms with Gasteiger partial charge in [0, 0.05) is 30.8 Å². The number of alkyl halides is 3. The predicted molar refractivity (Wildman–Crippen MR) is 125 cm³/mol. The third-order valence-corrected chi connectivity index (χ3v) is 5.92. The summed E-state index contributed by atoms with van der Waals surface area (Å²) in [7, 11) is 0. The van der Waals surface area contributed by atoms with Gasteiger partial charge in [-0.25, -0.2) is 4.98 Å². The standard InChI is InChI=1S/C27H26F3N3O/c1-19(13-14-20-8-3-2-4-9-20)32-26(34)17-23(21-10-7-11-22(16-21)27(28,29)30)24-18-31-25-12-5-6-15-33(24)25/h2-12,15-16,18-19,23H,13-14,17H2,1H3,(H,32,34). The molecule has 0 bridgehead atoms. The van der Waals surface area contributed by atoms with Crippen LogP contribution in [0.2, 0.25) is 0 Å². The fourth-order valence-corrected chi connectivity index (χ4v) is 4.15. The molecule has 0 fully saturated rings. The molecule has 2 heterocycles. The van der Waals surface area contributed by atoms with Gasteiger partial charge in [0.05, 0.1) is 11.3 Å². The first-order valence-electron chi connectivity index (χ1n) is 11.2. The molecule has 4 nitrogen and oxygen atoms in total. The summed E-state index contributed by atoms with van der Waals surface area (Å²) in [6.45, 7) is 1.94. The second-order valence-electron chi connectivity index (χ2n) is 8.48. The molecular weight excluding hydrogens is 439 g/mol. The maximum Gasteiger partial charge on any atom is 0.416 e. The number of fused-ring (bicyclic) bond motifs is 1. The van der Waals surface area contributed by atoms with Crippen molar-refractivity contribution < 1.29 is 18.0 Å². The van der Waals surface area contributed by atoms with Gasteiger partial charge < -0.3 is 9.72 Å². The first-order chi connectivity index (χ1) is 16.3. The molecule has 0 aliphatic rings. The van der Waals surface area contributed by atoms with Gasteiger partial charge in [-0.05, 0) is 49.1 Å². The first-order valence-corrected chi connectivity index (χ1v) is 11.2. The van der Waals surface area contributed by atoms with Crippen LogP contribution >= 0.6 is 0 Å². The van der Waals surface area contributed by atoms with Gasteiger partial charge in [-0.2, -0.15) is 13.2 Å². The monoisotopic (exact) mass is 465 g/mol. The molecule has 2 atom stereocenters. The third-order valence-electron chi connectivity index (χ3n) is 5.92. The van der Waals surface area contributed by atoms with Gasteiger partial charge in [-0.1, -0.05) is 54.6 Å². The summed E-state index contributed by atoms with van der Waals surface area (Å²) in [5.74, 6) is -0.796. The fourth-order valence-electron chi connectivity index (χ4n) is 4.15. The number of rotatable bonds is 8. The number of carbonyl (C=O) groups excluding carboxylic acids is 1. The fraction of sp³-hybridized carbons (Fsp3) is 0.259. The van der Waals surface area contributed by atoms with Crippen LogP contribution in [0.4, 0.5) is 13.2 Å². The van der Waals surface area contributed by atoms with Crippen molar-refractivity contribution in [3.05, 3.63) is 108 Å². The van der Waals surface area contributed by atoms with E-state index in [9.17, 15) is 18.0 Å². The molecule has 1 amide bonds. The first kappa shape index (κ1) is 23.5. The SMILES string of the molecule is CC(CCc1ccccc1)NC(=O)CC(c1cccc(C(F)(F)F)c1)c1cnc2ccccn12. The number of pyridine rings is 1. The van der Waals surface area contributed by atoms with Crippen LogP contribution < -0.4 is 5.32 Å². The molecule has 1 N–H and O–H groups in total. The molecule has 0 aliphatic heterocycles. The third kappa shape index (κ3) is 5.65. The Morgan fingerprint density at radius 2 is 1.79 bits per heavy atom. The minimum atomic E-state index is -4.46. The zero-order valence-corrected chi connectivity index (χ0v) is 18.8. The maximum absolute atomic E-state index is 13.4. The highest BCUT2D eigenvalue weighted by Crippen LogP contribution is 2.34. The number of carbonyl (C=O) groups is 1. The van der Waals surface area contributed by atoms with E-state index in [1.54, 1.807) is 18.5 Å². The lowest BCUT2D eigenvalue weighted by Crippen LogP contribution is -2.34. The predicted octanol–water partition coefficient (Wildman–Crippen LogP) is 6.01. The molecule has 4 rings (SSSR count). The van der Waals surface area contributed by atoms with Gasteiger partial charge in [0.25, 0.3) is 0 Å². The summed E-state index contributed by atoms with van der Waals surface area (Å²) >= 11 is 0. The maximum atomic E-state index is 13.4. The number of nitrogens with one attached hydrogen (secondary N) is 1. The molecule has 4 aromatic rings. The average molecular weight is 466 g/mol. The van der Waals surface area contributed by atoms with Gasteiger partial charge >= 0.3 is 6.18 Å².